The third kappa shape index (κ3) is 1.69. The number of carbonyl (C=O) groups excluding carboxylic acids is 1. The van der Waals surface area contributed by atoms with Crippen LogP contribution in [0.2, 0.25) is 0 Å². The molecule has 0 spiro atoms. The quantitative estimate of drug-likeness (QED) is 0.602. The smallest absolute Gasteiger partial charge is 0.134 e. The predicted molar refractivity (Wildman–Crippen MR) is 45.4 cm³/mol. The summed E-state index contributed by atoms with van der Waals surface area (Å²) >= 11 is 0. The SMILES string of the molecule is C=C(C)C1NCCC1C(C)=O. The van der Waals surface area contributed by atoms with Crippen molar-refractivity contribution in [3.8, 4) is 0 Å². The molecule has 0 aromatic rings. The molecule has 2 heteroatoms. The molecule has 0 aromatic carbocycles. The average Bonchev–Trinajstić information content (AvgIpc) is 2.32. The third-order valence-corrected chi connectivity index (χ3v) is 2.28. The minimum absolute atomic E-state index is 0.174. The molecule has 1 aliphatic rings. The number of ketones is 1. The molecule has 62 valence electrons. The highest BCUT2D eigenvalue weighted by Crippen LogP contribution is 2.20. The highest BCUT2D eigenvalue weighted by Gasteiger charge is 2.30. The lowest BCUT2D eigenvalue weighted by atomic mass is 9.93. The molecule has 0 amide bonds. The largest absolute Gasteiger partial charge is 0.310 e. The van der Waals surface area contributed by atoms with E-state index in [2.05, 4.69) is 11.9 Å². The van der Waals surface area contributed by atoms with Crippen LogP contribution in [0, 0.1) is 5.92 Å². The first kappa shape index (κ1) is 8.47. The van der Waals surface area contributed by atoms with Crippen molar-refractivity contribution in [3.63, 3.8) is 0 Å². The summed E-state index contributed by atoms with van der Waals surface area (Å²) < 4.78 is 0. The van der Waals surface area contributed by atoms with Crippen LogP contribution < -0.4 is 5.32 Å². The van der Waals surface area contributed by atoms with Crippen LogP contribution in [0.15, 0.2) is 12.2 Å². The standard InChI is InChI=1S/C9H15NO/c1-6(2)9-8(7(3)11)4-5-10-9/h8-10H,1,4-5H2,2-3H3. The molecule has 1 N–H and O–H groups in total. The van der Waals surface area contributed by atoms with E-state index in [1.807, 2.05) is 6.92 Å². The summed E-state index contributed by atoms with van der Waals surface area (Å²) in [4.78, 5) is 11.1. The lowest BCUT2D eigenvalue weighted by Gasteiger charge is -2.16. The van der Waals surface area contributed by atoms with Crippen molar-refractivity contribution in [1.29, 1.82) is 0 Å². The van der Waals surface area contributed by atoms with Crippen molar-refractivity contribution in [2.45, 2.75) is 26.3 Å². The Morgan fingerprint density at radius 1 is 1.55 bits per heavy atom. The first-order chi connectivity index (χ1) is 5.13. The zero-order valence-electron chi connectivity index (χ0n) is 7.18. The maximum atomic E-state index is 11.1. The van der Waals surface area contributed by atoms with Gasteiger partial charge in [0.05, 0.1) is 0 Å². The maximum absolute atomic E-state index is 11.1. The molecule has 1 rings (SSSR count). The second-order valence-electron chi connectivity index (χ2n) is 3.28. The molecule has 0 saturated carbocycles. The fraction of sp³-hybridized carbons (Fsp3) is 0.667. The molecule has 2 unspecified atom stereocenters. The van der Waals surface area contributed by atoms with Crippen LogP contribution in [0.25, 0.3) is 0 Å². The summed E-state index contributed by atoms with van der Waals surface area (Å²) in [5.74, 6) is 0.454. The van der Waals surface area contributed by atoms with Crippen LogP contribution >= 0.6 is 0 Å². The Bertz CT molecular complexity index is 166. The Kier molecular flexibility index (Phi) is 2.45. The summed E-state index contributed by atoms with van der Waals surface area (Å²) in [5, 5.41) is 3.27. The van der Waals surface area contributed by atoms with Gasteiger partial charge in [-0.2, -0.15) is 0 Å². The van der Waals surface area contributed by atoms with Gasteiger partial charge in [-0.1, -0.05) is 12.2 Å². The number of rotatable bonds is 2. The molecular formula is C9H15NO. The summed E-state index contributed by atoms with van der Waals surface area (Å²) in [6.07, 6.45) is 0.965. The van der Waals surface area contributed by atoms with Gasteiger partial charge in [-0.15, -0.1) is 0 Å². The fourth-order valence-electron chi connectivity index (χ4n) is 1.66. The summed E-state index contributed by atoms with van der Waals surface area (Å²) in [5.41, 5.74) is 1.07. The van der Waals surface area contributed by atoms with E-state index in [4.69, 9.17) is 0 Å². The highest BCUT2D eigenvalue weighted by atomic mass is 16.1. The number of hydrogen-bond acceptors (Lipinski definition) is 2. The van der Waals surface area contributed by atoms with Crippen molar-refractivity contribution in [1.82, 2.24) is 5.32 Å². The molecule has 1 saturated heterocycles. The van der Waals surface area contributed by atoms with Crippen LogP contribution in [0.3, 0.4) is 0 Å². The minimum atomic E-state index is 0.174. The highest BCUT2D eigenvalue weighted by molar-refractivity contribution is 5.79. The van der Waals surface area contributed by atoms with Gasteiger partial charge in [-0.3, -0.25) is 4.79 Å². The van der Waals surface area contributed by atoms with Crippen molar-refractivity contribution >= 4 is 5.78 Å². The average molecular weight is 153 g/mol. The summed E-state index contributed by atoms with van der Waals surface area (Å²) in [7, 11) is 0. The molecule has 0 bridgehead atoms. The van der Waals surface area contributed by atoms with Gasteiger partial charge in [0, 0.05) is 12.0 Å². The Morgan fingerprint density at radius 2 is 2.18 bits per heavy atom. The Labute approximate surface area is 67.7 Å². The number of hydrogen-bond donors (Lipinski definition) is 1. The normalized spacial score (nSPS) is 30.4. The second kappa shape index (κ2) is 3.18. The van der Waals surface area contributed by atoms with Gasteiger partial charge in [0.15, 0.2) is 0 Å². The van der Waals surface area contributed by atoms with E-state index in [0.29, 0.717) is 0 Å². The van der Waals surface area contributed by atoms with Gasteiger partial charge in [0.2, 0.25) is 0 Å². The van der Waals surface area contributed by atoms with Gasteiger partial charge in [0.25, 0.3) is 0 Å². The van der Waals surface area contributed by atoms with Crippen LogP contribution in [-0.4, -0.2) is 18.4 Å². The van der Waals surface area contributed by atoms with E-state index in [9.17, 15) is 4.79 Å². The third-order valence-electron chi connectivity index (χ3n) is 2.28. The molecule has 1 fully saturated rings. The number of carbonyl (C=O) groups is 1. The summed E-state index contributed by atoms with van der Waals surface area (Å²) in [6.45, 7) is 8.43. The van der Waals surface area contributed by atoms with Crippen LogP contribution in [0.1, 0.15) is 20.3 Å². The molecule has 11 heavy (non-hydrogen) atoms. The van der Waals surface area contributed by atoms with Gasteiger partial charge in [0.1, 0.15) is 5.78 Å². The van der Waals surface area contributed by atoms with Crippen molar-refractivity contribution in [3.05, 3.63) is 12.2 Å². The number of Topliss-reactive ketones (excluding diaryl/α,β-unsaturated/α-hetero) is 1. The van der Waals surface area contributed by atoms with Crippen LogP contribution in [0.5, 0.6) is 0 Å². The Morgan fingerprint density at radius 3 is 2.55 bits per heavy atom. The van der Waals surface area contributed by atoms with Gasteiger partial charge >= 0.3 is 0 Å². The first-order valence-corrected chi connectivity index (χ1v) is 4.02. The molecule has 0 radical (unpaired) electrons. The van der Waals surface area contributed by atoms with E-state index in [1.54, 1.807) is 6.92 Å². The molecule has 1 heterocycles. The molecular weight excluding hydrogens is 138 g/mol. The van der Waals surface area contributed by atoms with E-state index in [0.717, 1.165) is 18.5 Å². The zero-order valence-corrected chi connectivity index (χ0v) is 7.18. The van der Waals surface area contributed by atoms with E-state index >= 15 is 0 Å². The molecule has 0 aromatic heterocycles. The van der Waals surface area contributed by atoms with E-state index in [1.165, 1.54) is 0 Å². The van der Waals surface area contributed by atoms with Gasteiger partial charge in [-0.05, 0) is 26.8 Å². The zero-order chi connectivity index (χ0) is 8.43. The molecule has 0 aliphatic carbocycles. The van der Waals surface area contributed by atoms with Crippen LogP contribution in [-0.2, 0) is 4.79 Å². The minimum Gasteiger partial charge on any atom is -0.310 e. The lowest BCUT2D eigenvalue weighted by molar-refractivity contribution is -0.120. The van der Waals surface area contributed by atoms with Crippen molar-refractivity contribution in [2.75, 3.05) is 6.54 Å². The number of nitrogens with one attached hydrogen (secondary N) is 1. The van der Waals surface area contributed by atoms with Crippen molar-refractivity contribution < 1.29 is 4.79 Å². The second-order valence-corrected chi connectivity index (χ2v) is 3.28. The van der Waals surface area contributed by atoms with Crippen molar-refractivity contribution in [2.24, 2.45) is 5.92 Å². The Balaban J connectivity index is 2.65. The first-order valence-electron chi connectivity index (χ1n) is 4.02. The van der Waals surface area contributed by atoms with Gasteiger partial charge in [-0.25, -0.2) is 0 Å². The maximum Gasteiger partial charge on any atom is 0.134 e. The van der Waals surface area contributed by atoms with E-state index < -0.39 is 0 Å². The monoisotopic (exact) mass is 153 g/mol. The summed E-state index contributed by atoms with van der Waals surface area (Å²) in [6, 6.07) is 0.229. The lowest BCUT2D eigenvalue weighted by Crippen LogP contribution is -2.30. The topological polar surface area (TPSA) is 29.1 Å². The predicted octanol–water partition coefficient (Wildman–Crippen LogP) is 1.13. The molecule has 1 aliphatic heterocycles. The Hall–Kier alpha value is -0.630. The van der Waals surface area contributed by atoms with Gasteiger partial charge < -0.3 is 5.32 Å². The fourth-order valence-corrected chi connectivity index (χ4v) is 1.66. The molecule has 2 nitrogen and oxygen atoms in total. The molecule has 2 atom stereocenters. The van der Waals surface area contributed by atoms with Crippen LogP contribution in [0.4, 0.5) is 0 Å². The van der Waals surface area contributed by atoms with E-state index in [-0.39, 0.29) is 17.7 Å².